The standard InChI is InChI=1S/C11H15FO/c1-8(13)11(2,3)9-4-6-10(12)7-5-9/h4-8,13H,1-3H3/t8-/m1/s1. The van der Waals surface area contributed by atoms with Crippen molar-refractivity contribution in [3.05, 3.63) is 35.6 Å². The summed E-state index contributed by atoms with van der Waals surface area (Å²) < 4.78 is 12.6. The molecule has 0 amide bonds. The van der Waals surface area contributed by atoms with Crippen LogP contribution in [0.15, 0.2) is 24.3 Å². The van der Waals surface area contributed by atoms with Crippen LogP contribution in [0.5, 0.6) is 0 Å². The van der Waals surface area contributed by atoms with Crippen LogP contribution in [0, 0.1) is 5.82 Å². The molecule has 0 radical (unpaired) electrons. The predicted octanol–water partition coefficient (Wildman–Crippen LogP) is 2.48. The second-order valence-electron chi connectivity index (χ2n) is 3.90. The zero-order valence-corrected chi connectivity index (χ0v) is 8.21. The van der Waals surface area contributed by atoms with Gasteiger partial charge in [-0.2, -0.15) is 0 Å². The summed E-state index contributed by atoms with van der Waals surface area (Å²) in [4.78, 5) is 0. The SMILES string of the molecule is C[C@@H](O)C(C)(C)c1ccc(F)cc1. The number of aliphatic hydroxyl groups is 1. The lowest BCUT2D eigenvalue weighted by molar-refractivity contribution is 0.118. The van der Waals surface area contributed by atoms with Crippen LogP contribution in [0.1, 0.15) is 26.3 Å². The van der Waals surface area contributed by atoms with E-state index in [1.54, 1.807) is 19.1 Å². The van der Waals surface area contributed by atoms with Crippen LogP contribution in [-0.4, -0.2) is 11.2 Å². The molecule has 0 heterocycles. The van der Waals surface area contributed by atoms with Crippen molar-refractivity contribution < 1.29 is 9.50 Å². The molecule has 1 N–H and O–H groups in total. The fraction of sp³-hybridized carbons (Fsp3) is 0.455. The summed E-state index contributed by atoms with van der Waals surface area (Å²) in [7, 11) is 0. The lowest BCUT2D eigenvalue weighted by atomic mass is 9.80. The van der Waals surface area contributed by atoms with Gasteiger partial charge in [0, 0.05) is 5.41 Å². The fourth-order valence-corrected chi connectivity index (χ4v) is 1.12. The van der Waals surface area contributed by atoms with Gasteiger partial charge in [0.15, 0.2) is 0 Å². The number of hydrogen-bond donors (Lipinski definition) is 1. The van der Waals surface area contributed by atoms with Crippen LogP contribution in [0.25, 0.3) is 0 Å². The third kappa shape index (κ3) is 2.07. The third-order valence-electron chi connectivity index (χ3n) is 2.63. The van der Waals surface area contributed by atoms with E-state index >= 15 is 0 Å². The van der Waals surface area contributed by atoms with Gasteiger partial charge in [-0.1, -0.05) is 26.0 Å². The Balaban J connectivity index is 3.01. The minimum Gasteiger partial charge on any atom is -0.393 e. The Morgan fingerprint density at radius 3 is 2.08 bits per heavy atom. The quantitative estimate of drug-likeness (QED) is 0.745. The zero-order valence-electron chi connectivity index (χ0n) is 8.21. The molecule has 0 saturated heterocycles. The molecule has 0 aromatic heterocycles. The molecule has 0 bridgehead atoms. The van der Waals surface area contributed by atoms with Gasteiger partial charge in [0.25, 0.3) is 0 Å². The molecule has 1 rings (SSSR count). The van der Waals surface area contributed by atoms with Gasteiger partial charge in [0.05, 0.1) is 6.10 Å². The van der Waals surface area contributed by atoms with E-state index in [0.29, 0.717) is 0 Å². The number of benzene rings is 1. The maximum Gasteiger partial charge on any atom is 0.123 e. The Labute approximate surface area is 78.2 Å². The van der Waals surface area contributed by atoms with E-state index in [1.165, 1.54) is 12.1 Å². The van der Waals surface area contributed by atoms with Gasteiger partial charge < -0.3 is 5.11 Å². The van der Waals surface area contributed by atoms with Crippen molar-refractivity contribution in [3.8, 4) is 0 Å². The fourth-order valence-electron chi connectivity index (χ4n) is 1.12. The Hall–Kier alpha value is -0.890. The van der Waals surface area contributed by atoms with Gasteiger partial charge in [-0.3, -0.25) is 0 Å². The molecule has 0 aliphatic heterocycles. The number of hydrogen-bond acceptors (Lipinski definition) is 1. The zero-order chi connectivity index (χ0) is 10.1. The summed E-state index contributed by atoms with van der Waals surface area (Å²) in [5.41, 5.74) is 0.622. The molecule has 2 heteroatoms. The molecular formula is C11H15FO. The molecule has 1 atom stereocenters. The normalized spacial score (nSPS) is 14.2. The maximum atomic E-state index is 12.6. The van der Waals surface area contributed by atoms with Crippen molar-refractivity contribution in [1.29, 1.82) is 0 Å². The maximum absolute atomic E-state index is 12.6. The predicted molar refractivity (Wildman–Crippen MR) is 51.1 cm³/mol. The Morgan fingerprint density at radius 1 is 1.23 bits per heavy atom. The lowest BCUT2D eigenvalue weighted by Crippen LogP contribution is -2.30. The minimum atomic E-state index is -0.446. The number of aliphatic hydroxyl groups excluding tert-OH is 1. The van der Waals surface area contributed by atoms with Crippen LogP contribution in [-0.2, 0) is 5.41 Å². The Bertz CT molecular complexity index is 275. The molecule has 13 heavy (non-hydrogen) atoms. The first-order valence-electron chi connectivity index (χ1n) is 4.38. The monoisotopic (exact) mass is 182 g/mol. The Kier molecular flexibility index (Phi) is 2.71. The topological polar surface area (TPSA) is 20.2 Å². The molecule has 0 aliphatic rings. The molecule has 0 saturated carbocycles. The van der Waals surface area contributed by atoms with E-state index in [1.807, 2.05) is 13.8 Å². The first kappa shape index (κ1) is 10.2. The van der Waals surface area contributed by atoms with Crippen LogP contribution in [0.4, 0.5) is 4.39 Å². The van der Waals surface area contributed by atoms with E-state index < -0.39 is 6.10 Å². The largest absolute Gasteiger partial charge is 0.393 e. The van der Waals surface area contributed by atoms with Crippen LogP contribution >= 0.6 is 0 Å². The van der Waals surface area contributed by atoms with E-state index in [2.05, 4.69) is 0 Å². The van der Waals surface area contributed by atoms with Gasteiger partial charge >= 0.3 is 0 Å². The highest BCUT2D eigenvalue weighted by Gasteiger charge is 2.25. The highest BCUT2D eigenvalue weighted by Crippen LogP contribution is 2.26. The van der Waals surface area contributed by atoms with Crippen LogP contribution in [0.3, 0.4) is 0 Å². The van der Waals surface area contributed by atoms with E-state index in [-0.39, 0.29) is 11.2 Å². The first-order valence-corrected chi connectivity index (χ1v) is 4.38. The summed E-state index contributed by atoms with van der Waals surface area (Å²) in [6, 6.07) is 6.25. The lowest BCUT2D eigenvalue weighted by Gasteiger charge is -2.28. The van der Waals surface area contributed by atoms with Gasteiger partial charge in [-0.15, -0.1) is 0 Å². The van der Waals surface area contributed by atoms with Crippen molar-refractivity contribution in [2.24, 2.45) is 0 Å². The van der Waals surface area contributed by atoms with Crippen molar-refractivity contribution in [3.63, 3.8) is 0 Å². The average molecular weight is 182 g/mol. The second kappa shape index (κ2) is 3.46. The second-order valence-corrected chi connectivity index (χ2v) is 3.90. The number of rotatable bonds is 2. The van der Waals surface area contributed by atoms with Crippen LogP contribution < -0.4 is 0 Å². The summed E-state index contributed by atoms with van der Waals surface area (Å²) in [6.07, 6.45) is -0.446. The summed E-state index contributed by atoms with van der Waals surface area (Å²) >= 11 is 0. The van der Waals surface area contributed by atoms with E-state index in [9.17, 15) is 9.50 Å². The third-order valence-corrected chi connectivity index (χ3v) is 2.63. The first-order chi connectivity index (χ1) is 5.94. The van der Waals surface area contributed by atoms with Crippen molar-refractivity contribution in [2.75, 3.05) is 0 Å². The van der Waals surface area contributed by atoms with Crippen molar-refractivity contribution in [2.45, 2.75) is 32.3 Å². The van der Waals surface area contributed by atoms with Gasteiger partial charge in [-0.05, 0) is 24.6 Å². The smallest absolute Gasteiger partial charge is 0.123 e. The average Bonchev–Trinajstić information content (AvgIpc) is 2.04. The highest BCUT2D eigenvalue weighted by atomic mass is 19.1. The minimum absolute atomic E-state index is 0.245. The van der Waals surface area contributed by atoms with Gasteiger partial charge in [-0.25, -0.2) is 4.39 Å². The van der Waals surface area contributed by atoms with E-state index in [4.69, 9.17) is 0 Å². The molecule has 0 fully saturated rings. The van der Waals surface area contributed by atoms with Crippen molar-refractivity contribution in [1.82, 2.24) is 0 Å². The highest BCUT2D eigenvalue weighted by molar-refractivity contribution is 5.25. The molecule has 0 aliphatic carbocycles. The van der Waals surface area contributed by atoms with Gasteiger partial charge in [0.2, 0.25) is 0 Å². The van der Waals surface area contributed by atoms with Gasteiger partial charge in [0.1, 0.15) is 5.82 Å². The molecule has 0 spiro atoms. The summed E-state index contributed by atoms with van der Waals surface area (Å²) in [5.74, 6) is -0.245. The molecule has 1 nitrogen and oxygen atoms in total. The molecule has 72 valence electrons. The van der Waals surface area contributed by atoms with E-state index in [0.717, 1.165) is 5.56 Å². The molecule has 1 aromatic rings. The molecule has 0 unspecified atom stereocenters. The molecular weight excluding hydrogens is 167 g/mol. The summed E-state index contributed by atoms with van der Waals surface area (Å²) in [6.45, 7) is 5.61. The van der Waals surface area contributed by atoms with Crippen molar-refractivity contribution >= 4 is 0 Å². The summed E-state index contributed by atoms with van der Waals surface area (Å²) in [5, 5.41) is 9.51. The van der Waals surface area contributed by atoms with Crippen LogP contribution in [0.2, 0.25) is 0 Å². The Morgan fingerprint density at radius 2 is 1.69 bits per heavy atom. The molecule has 1 aromatic carbocycles. The number of halogens is 1.